The Hall–Kier alpha value is -1.02. The predicted octanol–water partition coefficient (Wildman–Crippen LogP) is 2.06. The van der Waals surface area contributed by atoms with Gasteiger partial charge in [-0.05, 0) is 29.8 Å². The van der Waals surface area contributed by atoms with E-state index in [1.165, 1.54) is 18.6 Å². The van der Waals surface area contributed by atoms with Crippen LogP contribution in [0.4, 0.5) is 0 Å². The molecular formula is C7H5ClO2. The molecule has 10 heavy (non-hydrogen) atoms. The van der Waals surface area contributed by atoms with Gasteiger partial charge in [-0.2, -0.15) is 0 Å². The smallest absolute Gasteiger partial charge is 0.245 e. The largest absolute Gasteiger partial charge is 0.472 e. The van der Waals surface area contributed by atoms with Crippen molar-refractivity contribution >= 4 is 22.9 Å². The number of rotatable bonds is 2. The molecule has 0 saturated heterocycles. The molecule has 3 heteroatoms. The SMILES string of the molecule is O=C(Cl)C=Cc1ccoc1. The molecular weight excluding hydrogens is 152 g/mol. The molecule has 0 N–H and O–H groups in total. The van der Waals surface area contributed by atoms with Crippen LogP contribution in [0.15, 0.2) is 29.1 Å². The van der Waals surface area contributed by atoms with Gasteiger partial charge in [0.15, 0.2) is 0 Å². The average Bonchev–Trinajstić information content (AvgIpc) is 2.34. The third-order valence-electron chi connectivity index (χ3n) is 0.950. The van der Waals surface area contributed by atoms with E-state index in [1.807, 2.05) is 0 Å². The van der Waals surface area contributed by atoms with Crippen molar-refractivity contribution < 1.29 is 9.21 Å². The van der Waals surface area contributed by atoms with E-state index in [9.17, 15) is 4.79 Å². The summed E-state index contributed by atoms with van der Waals surface area (Å²) >= 11 is 5.04. The number of allylic oxidation sites excluding steroid dienone is 1. The van der Waals surface area contributed by atoms with E-state index in [0.29, 0.717) is 0 Å². The standard InChI is InChI=1S/C7H5ClO2/c8-7(9)2-1-6-3-4-10-5-6/h1-5H. The van der Waals surface area contributed by atoms with Crippen LogP contribution in [-0.2, 0) is 4.79 Å². The lowest BCUT2D eigenvalue weighted by atomic mass is 10.3. The summed E-state index contributed by atoms with van der Waals surface area (Å²) in [5.41, 5.74) is 0.828. The molecule has 0 unspecified atom stereocenters. The lowest BCUT2D eigenvalue weighted by Gasteiger charge is -1.76. The number of carbonyl (C=O) groups is 1. The highest BCUT2D eigenvalue weighted by atomic mass is 35.5. The Labute approximate surface area is 63.1 Å². The molecule has 1 aromatic heterocycles. The Kier molecular flexibility index (Phi) is 2.29. The molecule has 0 aliphatic carbocycles. The second kappa shape index (κ2) is 3.22. The number of halogens is 1. The summed E-state index contributed by atoms with van der Waals surface area (Å²) in [6.45, 7) is 0. The minimum absolute atomic E-state index is 0.485. The lowest BCUT2D eigenvalue weighted by Crippen LogP contribution is -1.72. The van der Waals surface area contributed by atoms with Crippen molar-refractivity contribution in [1.82, 2.24) is 0 Å². The van der Waals surface area contributed by atoms with E-state index in [1.54, 1.807) is 12.1 Å². The van der Waals surface area contributed by atoms with Crippen molar-refractivity contribution in [2.24, 2.45) is 0 Å². The summed E-state index contributed by atoms with van der Waals surface area (Å²) in [7, 11) is 0. The van der Waals surface area contributed by atoms with Crippen LogP contribution in [0.25, 0.3) is 6.08 Å². The first kappa shape index (κ1) is 7.09. The van der Waals surface area contributed by atoms with Gasteiger partial charge in [-0.25, -0.2) is 0 Å². The van der Waals surface area contributed by atoms with E-state index in [0.717, 1.165) is 5.56 Å². The summed E-state index contributed by atoms with van der Waals surface area (Å²) in [6, 6.07) is 1.73. The van der Waals surface area contributed by atoms with Crippen LogP contribution in [0.3, 0.4) is 0 Å². The fraction of sp³-hybridized carbons (Fsp3) is 0. The monoisotopic (exact) mass is 156 g/mol. The maximum absolute atomic E-state index is 10.2. The molecule has 0 spiro atoms. The van der Waals surface area contributed by atoms with Gasteiger partial charge in [0.05, 0.1) is 12.5 Å². The Balaban J connectivity index is 2.64. The second-order valence-corrected chi connectivity index (χ2v) is 2.07. The molecule has 0 fully saturated rings. The van der Waals surface area contributed by atoms with Crippen molar-refractivity contribution in [2.45, 2.75) is 0 Å². The molecule has 0 aliphatic rings. The van der Waals surface area contributed by atoms with Gasteiger partial charge in [-0.3, -0.25) is 4.79 Å². The highest BCUT2D eigenvalue weighted by molar-refractivity contribution is 6.66. The Morgan fingerprint density at radius 1 is 1.70 bits per heavy atom. The van der Waals surface area contributed by atoms with Crippen LogP contribution in [0, 0.1) is 0 Å². The van der Waals surface area contributed by atoms with Gasteiger partial charge in [0.25, 0.3) is 0 Å². The summed E-state index contributed by atoms with van der Waals surface area (Å²) in [6.07, 6.45) is 5.90. The first-order chi connectivity index (χ1) is 4.79. The van der Waals surface area contributed by atoms with Gasteiger partial charge in [0.2, 0.25) is 5.24 Å². The lowest BCUT2D eigenvalue weighted by molar-refractivity contribution is -0.107. The topological polar surface area (TPSA) is 30.2 Å². The van der Waals surface area contributed by atoms with Crippen LogP contribution in [0.1, 0.15) is 5.56 Å². The van der Waals surface area contributed by atoms with Crippen molar-refractivity contribution in [2.75, 3.05) is 0 Å². The van der Waals surface area contributed by atoms with Crippen LogP contribution < -0.4 is 0 Å². The molecule has 0 aliphatic heterocycles. The summed E-state index contributed by atoms with van der Waals surface area (Å²) in [4.78, 5) is 10.2. The maximum Gasteiger partial charge on any atom is 0.245 e. The normalized spacial score (nSPS) is 10.5. The van der Waals surface area contributed by atoms with E-state index >= 15 is 0 Å². The molecule has 0 amide bonds. The first-order valence-electron chi connectivity index (χ1n) is 2.69. The minimum atomic E-state index is -0.485. The van der Waals surface area contributed by atoms with E-state index < -0.39 is 5.24 Å². The molecule has 1 rings (SSSR count). The molecule has 0 atom stereocenters. The summed E-state index contributed by atoms with van der Waals surface area (Å²) < 4.78 is 4.74. The number of carbonyl (C=O) groups excluding carboxylic acids is 1. The summed E-state index contributed by atoms with van der Waals surface area (Å²) in [5.74, 6) is 0. The van der Waals surface area contributed by atoms with Gasteiger partial charge < -0.3 is 4.42 Å². The Morgan fingerprint density at radius 2 is 2.50 bits per heavy atom. The average molecular weight is 157 g/mol. The van der Waals surface area contributed by atoms with Gasteiger partial charge in [0, 0.05) is 5.56 Å². The first-order valence-corrected chi connectivity index (χ1v) is 3.06. The molecule has 52 valence electrons. The maximum atomic E-state index is 10.2. The predicted molar refractivity (Wildman–Crippen MR) is 38.6 cm³/mol. The van der Waals surface area contributed by atoms with Crippen molar-refractivity contribution in [3.63, 3.8) is 0 Å². The molecule has 1 aromatic rings. The Morgan fingerprint density at radius 3 is 3.00 bits per heavy atom. The van der Waals surface area contributed by atoms with Gasteiger partial charge >= 0.3 is 0 Å². The minimum Gasteiger partial charge on any atom is -0.472 e. The van der Waals surface area contributed by atoms with Crippen LogP contribution in [-0.4, -0.2) is 5.24 Å². The molecule has 0 radical (unpaired) electrons. The van der Waals surface area contributed by atoms with Gasteiger partial charge in [-0.1, -0.05) is 0 Å². The fourth-order valence-corrected chi connectivity index (χ4v) is 0.595. The van der Waals surface area contributed by atoms with Crippen LogP contribution >= 0.6 is 11.6 Å². The van der Waals surface area contributed by atoms with E-state index in [2.05, 4.69) is 0 Å². The van der Waals surface area contributed by atoms with Crippen LogP contribution in [0.2, 0.25) is 0 Å². The fourth-order valence-electron chi connectivity index (χ4n) is 0.532. The van der Waals surface area contributed by atoms with Crippen molar-refractivity contribution in [3.8, 4) is 0 Å². The van der Waals surface area contributed by atoms with E-state index in [4.69, 9.17) is 16.0 Å². The highest BCUT2D eigenvalue weighted by Crippen LogP contribution is 2.02. The number of hydrogen-bond donors (Lipinski definition) is 0. The van der Waals surface area contributed by atoms with Crippen LogP contribution in [0.5, 0.6) is 0 Å². The highest BCUT2D eigenvalue weighted by Gasteiger charge is 1.88. The third-order valence-corrected chi connectivity index (χ3v) is 1.08. The molecule has 1 heterocycles. The van der Waals surface area contributed by atoms with Gasteiger partial charge in [-0.15, -0.1) is 0 Å². The zero-order valence-electron chi connectivity index (χ0n) is 5.08. The van der Waals surface area contributed by atoms with Crippen molar-refractivity contribution in [3.05, 3.63) is 30.2 Å². The number of furan rings is 1. The van der Waals surface area contributed by atoms with Crippen molar-refractivity contribution in [1.29, 1.82) is 0 Å². The summed E-state index contributed by atoms with van der Waals surface area (Å²) in [5, 5.41) is -0.485. The quantitative estimate of drug-likeness (QED) is 0.485. The molecule has 0 saturated carbocycles. The third kappa shape index (κ3) is 2.07. The van der Waals surface area contributed by atoms with Gasteiger partial charge in [0.1, 0.15) is 0 Å². The Bertz CT molecular complexity index is 236. The zero-order valence-corrected chi connectivity index (χ0v) is 5.84. The molecule has 0 bridgehead atoms. The van der Waals surface area contributed by atoms with E-state index in [-0.39, 0.29) is 0 Å². The zero-order chi connectivity index (χ0) is 7.40. The molecule has 2 nitrogen and oxygen atoms in total. The number of hydrogen-bond acceptors (Lipinski definition) is 2. The second-order valence-electron chi connectivity index (χ2n) is 1.69. The molecule has 0 aromatic carbocycles.